The first kappa shape index (κ1) is 13.4. The Morgan fingerprint density at radius 1 is 1.44 bits per heavy atom. The molecule has 1 aliphatic rings. The third kappa shape index (κ3) is 3.24. The van der Waals surface area contributed by atoms with Gasteiger partial charge in [0.1, 0.15) is 0 Å². The summed E-state index contributed by atoms with van der Waals surface area (Å²) in [5, 5.41) is 0.694. The smallest absolute Gasteiger partial charge is 0.227 e. The van der Waals surface area contributed by atoms with Crippen LogP contribution >= 0.6 is 11.6 Å². The monoisotopic (exact) mass is 266 g/mol. The second kappa shape index (κ2) is 5.72. The average Bonchev–Trinajstić information content (AvgIpc) is 2.35. The van der Waals surface area contributed by atoms with Gasteiger partial charge in [-0.3, -0.25) is 4.79 Å². The van der Waals surface area contributed by atoms with Crippen molar-refractivity contribution in [2.75, 3.05) is 13.1 Å². The number of piperidine rings is 1. The predicted molar refractivity (Wildman–Crippen MR) is 73.5 cm³/mol. The van der Waals surface area contributed by atoms with Crippen LogP contribution in [-0.4, -0.2) is 29.9 Å². The fraction of sp³-hybridized carbons (Fsp3) is 0.500. The van der Waals surface area contributed by atoms with E-state index in [0.29, 0.717) is 23.9 Å². The van der Waals surface area contributed by atoms with Crippen LogP contribution in [0.3, 0.4) is 0 Å². The van der Waals surface area contributed by atoms with Gasteiger partial charge in [0, 0.05) is 24.2 Å². The number of hydrogen-bond acceptors (Lipinski definition) is 2. The average molecular weight is 267 g/mol. The van der Waals surface area contributed by atoms with E-state index in [1.54, 1.807) is 0 Å². The van der Waals surface area contributed by atoms with Gasteiger partial charge in [0.15, 0.2) is 0 Å². The van der Waals surface area contributed by atoms with E-state index in [4.69, 9.17) is 17.3 Å². The maximum Gasteiger partial charge on any atom is 0.227 e. The molecule has 1 saturated heterocycles. The van der Waals surface area contributed by atoms with E-state index in [2.05, 4.69) is 6.92 Å². The molecule has 4 heteroatoms. The van der Waals surface area contributed by atoms with Crippen LogP contribution < -0.4 is 5.73 Å². The van der Waals surface area contributed by atoms with E-state index in [9.17, 15) is 4.79 Å². The van der Waals surface area contributed by atoms with Gasteiger partial charge in [0.2, 0.25) is 5.91 Å². The second-order valence-electron chi connectivity index (χ2n) is 5.07. The summed E-state index contributed by atoms with van der Waals surface area (Å²) in [7, 11) is 0. The van der Waals surface area contributed by atoms with E-state index in [1.165, 1.54) is 0 Å². The summed E-state index contributed by atoms with van der Waals surface area (Å²) >= 11 is 5.82. The number of hydrogen-bond donors (Lipinski definition) is 1. The van der Waals surface area contributed by atoms with Crippen molar-refractivity contribution in [3.63, 3.8) is 0 Å². The lowest BCUT2D eigenvalue weighted by Crippen LogP contribution is -2.50. The molecule has 2 unspecified atom stereocenters. The van der Waals surface area contributed by atoms with Crippen molar-refractivity contribution < 1.29 is 4.79 Å². The number of amides is 1. The van der Waals surface area contributed by atoms with Crippen LogP contribution in [0.4, 0.5) is 0 Å². The molecule has 2 atom stereocenters. The van der Waals surface area contributed by atoms with Crippen LogP contribution in [0, 0.1) is 5.92 Å². The highest BCUT2D eigenvalue weighted by molar-refractivity contribution is 6.30. The Morgan fingerprint density at radius 3 is 2.72 bits per heavy atom. The van der Waals surface area contributed by atoms with Gasteiger partial charge in [-0.25, -0.2) is 0 Å². The normalized spacial score (nSPS) is 24.1. The molecular formula is C14H19ClN2O. The van der Waals surface area contributed by atoms with Gasteiger partial charge in [-0.2, -0.15) is 0 Å². The van der Waals surface area contributed by atoms with Crippen molar-refractivity contribution in [1.29, 1.82) is 0 Å². The molecule has 1 fully saturated rings. The second-order valence-corrected chi connectivity index (χ2v) is 5.51. The Morgan fingerprint density at radius 2 is 2.11 bits per heavy atom. The molecule has 1 aliphatic heterocycles. The molecule has 2 N–H and O–H groups in total. The first-order chi connectivity index (χ1) is 8.56. The zero-order valence-electron chi connectivity index (χ0n) is 10.6. The summed E-state index contributed by atoms with van der Waals surface area (Å²) in [5.41, 5.74) is 7.01. The Balaban J connectivity index is 1.94. The summed E-state index contributed by atoms with van der Waals surface area (Å²) in [6, 6.07) is 7.52. The molecule has 0 bridgehead atoms. The van der Waals surface area contributed by atoms with E-state index in [1.807, 2.05) is 29.2 Å². The van der Waals surface area contributed by atoms with Gasteiger partial charge in [-0.05, 0) is 30.0 Å². The minimum atomic E-state index is 0.105. The molecule has 3 nitrogen and oxygen atoms in total. The van der Waals surface area contributed by atoms with Crippen LogP contribution in [-0.2, 0) is 11.2 Å². The van der Waals surface area contributed by atoms with Crippen LogP contribution in [0.25, 0.3) is 0 Å². The summed E-state index contributed by atoms with van der Waals surface area (Å²) in [6.07, 6.45) is 1.42. The number of benzene rings is 1. The number of halogens is 1. The lowest BCUT2D eigenvalue weighted by atomic mass is 9.94. The van der Waals surface area contributed by atoms with Gasteiger partial charge >= 0.3 is 0 Å². The number of carbonyl (C=O) groups is 1. The third-order valence-corrected chi connectivity index (χ3v) is 3.89. The molecular weight excluding hydrogens is 248 g/mol. The largest absolute Gasteiger partial charge is 0.341 e. The highest BCUT2D eigenvalue weighted by Crippen LogP contribution is 2.17. The molecule has 0 aromatic heterocycles. The summed E-state index contributed by atoms with van der Waals surface area (Å²) in [5.74, 6) is 0.657. The Kier molecular flexibility index (Phi) is 4.25. The maximum atomic E-state index is 12.1. The van der Waals surface area contributed by atoms with E-state index in [-0.39, 0.29) is 11.9 Å². The minimum absolute atomic E-state index is 0.105. The van der Waals surface area contributed by atoms with Crippen LogP contribution in [0.1, 0.15) is 18.9 Å². The Bertz CT molecular complexity index is 418. The summed E-state index contributed by atoms with van der Waals surface area (Å²) in [6.45, 7) is 3.64. The van der Waals surface area contributed by atoms with Gasteiger partial charge in [0.25, 0.3) is 0 Å². The van der Waals surface area contributed by atoms with Crippen LogP contribution in [0.5, 0.6) is 0 Å². The molecule has 0 aliphatic carbocycles. The molecule has 0 radical (unpaired) electrons. The maximum absolute atomic E-state index is 12.1. The molecule has 2 rings (SSSR count). The van der Waals surface area contributed by atoms with Crippen LogP contribution in [0.2, 0.25) is 5.02 Å². The Labute approximate surface area is 113 Å². The van der Waals surface area contributed by atoms with Crippen molar-refractivity contribution in [3.05, 3.63) is 34.9 Å². The fourth-order valence-corrected chi connectivity index (χ4v) is 2.34. The molecule has 1 heterocycles. The number of rotatable bonds is 2. The van der Waals surface area contributed by atoms with Crippen molar-refractivity contribution in [2.24, 2.45) is 11.7 Å². The van der Waals surface area contributed by atoms with Gasteiger partial charge < -0.3 is 10.6 Å². The lowest BCUT2D eigenvalue weighted by molar-refractivity contribution is -0.132. The molecule has 1 aromatic carbocycles. The van der Waals surface area contributed by atoms with Gasteiger partial charge in [-0.1, -0.05) is 30.7 Å². The van der Waals surface area contributed by atoms with Crippen LogP contribution in [0.15, 0.2) is 24.3 Å². The highest BCUT2D eigenvalue weighted by Gasteiger charge is 2.25. The summed E-state index contributed by atoms with van der Waals surface area (Å²) < 4.78 is 0. The Hall–Kier alpha value is -1.06. The third-order valence-electron chi connectivity index (χ3n) is 3.64. The summed E-state index contributed by atoms with van der Waals surface area (Å²) in [4.78, 5) is 14.0. The predicted octanol–water partition coefficient (Wildman–Crippen LogP) is 2.08. The number of carbonyl (C=O) groups excluding carboxylic acids is 1. The number of nitrogens with zero attached hydrogens (tertiary/aromatic N) is 1. The van der Waals surface area contributed by atoms with Gasteiger partial charge in [-0.15, -0.1) is 0 Å². The minimum Gasteiger partial charge on any atom is -0.341 e. The standard InChI is InChI=1S/C14H19ClN2O/c1-10-6-7-17(9-13(10)16)14(18)8-11-2-4-12(15)5-3-11/h2-5,10,13H,6-9,16H2,1H3. The zero-order chi connectivity index (χ0) is 13.1. The van der Waals surface area contributed by atoms with Gasteiger partial charge in [0.05, 0.1) is 6.42 Å². The number of nitrogens with two attached hydrogens (primary N) is 1. The SMILES string of the molecule is CC1CCN(C(=O)Cc2ccc(Cl)cc2)CC1N. The molecule has 18 heavy (non-hydrogen) atoms. The fourth-order valence-electron chi connectivity index (χ4n) is 2.21. The molecule has 1 amide bonds. The molecule has 0 spiro atoms. The van der Waals surface area contributed by atoms with E-state index in [0.717, 1.165) is 18.5 Å². The molecule has 98 valence electrons. The first-order valence-corrected chi connectivity index (χ1v) is 6.72. The van der Waals surface area contributed by atoms with E-state index >= 15 is 0 Å². The van der Waals surface area contributed by atoms with Crippen molar-refractivity contribution in [1.82, 2.24) is 4.90 Å². The highest BCUT2D eigenvalue weighted by atomic mass is 35.5. The van der Waals surface area contributed by atoms with Crippen molar-refractivity contribution >= 4 is 17.5 Å². The van der Waals surface area contributed by atoms with E-state index < -0.39 is 0 Å². The topological polar surface area (TPSA) is 46.3 Å². The molecule has 0 saturated carbocycles. The zero-order valence-corrected chi connectivity index (χ0v) is 11.4. The molecule has 1 aromatic rings. The first-order valence-electron chi connectivity index (χ1n) is 6.34. The van der Waals surface area contributed by atoms with Crippen molar-refractivity contribution in [3.8, 4) is 0 Å². The van der Waals surface area contributed by atoms with Crippen molar-refractivity contribution in [2.45, 2.75) is 25.8 Å². The number of likely N-dealkylation sites (tertiary alicyclic amines) is 1. The lowest BCUT2D eigenvalue weighted by Gasteiger charge is -2.35. The quantitative estimate of drug-likeness (QED) is 0.891.